The van der Waals surface area contributed by atoms with E-state index >= 15 is 4.39 Å². The molecule has 7 rings (SSSR count). The van der Waals surface area contributed by atoms with Crippen molar-refractivity contribution in [1.29, 1.82) is 0 Å². The van der Waals surface area contributed by atoms with Crippen LogP contribution in [-0.4, -0.2) is 58.7 Å². The fourth-order valence-corrected chi connectivity index (χ4v) is 6.09. The minimum atomic E-state index is -0.861. The first-order valence-electron chi connectivity index (χ1n) is 16.3. The molecule has 4 aromatic carbocycles. The lowest BCUT2D eigenvalue weighted by Crippen LogP contribution is -2.30. The van der Waals surface area contributed by atoms with Crippen LogP contribution >= 0.6 is 0 Å². The number of hydrogen-bond donors (Lipinski definition) is 1. The number of benzene rings is 4. The smallest absolute Gasteiger partial charge is 0.287 e. The maximum Gasteiger partial charge on any atom is 0.287 e. The molecule has 3 heterocycles. The molecule has 12 heteroatoms. The van der Waals surface area contributed by atoms with Crippen LogP contribution in [-0.2, 0) is 0 Å². The van der Waals surface area contributed by atoms with E-state index in [2.05, 4.69) is 20.2 Å². The highest BCUT2D eigenvalue weighted by Crippen LogP contribution is 2.38. The van der Waals surface area contributed by atoms with Crippen LogP contribution in [0.4, 0.5) is 14.5 Å². The van der Waals surface area contributed by atoms with Gasteiger partial charge >= 0.3 is 0 Å². The maximum absolute atomic E-state index is 15.4. The van der Waals surface area contributed by atoms with Crippen LogP contribution in [0.5, 0.6) is 23.0 Å². The number of nitrogens with one attached hydrogen (secondary N) is 1. The number of halogens is 2. The number of carbonyl (C=O) groups excluding carboxylic acids is 1. The van der Waals surface area contributed by atoms with Crippen LogP contribution in [0.15, 0.2) is 95.9 Å². The summed E-state index contributed by atoms with van der Waals surface area (Å²) in [6, 6.07) is 21.2. The van der Waals surface area contributed by atoms with Gasteiger partial charge in [-0.2, -0.15) is 0 Å². The number of aromatic nitrogens is 3. The predicted octanol–water partition coefficient (Wildman–Crippen LogP) is 7.13. The van der Waals surface area contributed by atoms with Crippen molar-refractivity contribution in [3.63, 3.8) is 0 Å². The van der Waals surface area contributed by atoms with Gasteiger partial charge in [0.1, 0.15) is 11.6 Å². The second-order valence-corrected chi connectivity index (χ2v) is 11.9. The summed E-state index contributed by atoms with van der Waals surface area (Å²) in [7, 11) is 1.55. The van der Waals surface area contributed by atoms with E-state index in [-0.39, 0.29) is 17.1 Å². The van der Waals surface area contributed by atoms with Crippen molar-refractivity contribution in [1.82, 2.24) is 19.4 Å². The lowest BCUT2D eigenvalue weighted by atomic mass is 10.1. The number of likely N-dealkylation sites (tertiary alicyclic amines) is 1. The maximum atomic E-state index is 15.4. The van der Waals surface area contributed by atoms with Gasteiger partial charge < -0.3 is 24.4 Å². The molecule has 0 aliphatic carbocycles. The first-order chi connectivity index (χ1) is 24.4. The number of fused-ring (bicyclic) bond motifs is 2. The molecule has 0 saturated carbocycles. The number of anilines is 1. The number of pyridine rings is 1. The third kappa shape index (κ3) is 6.83. The largest absolute Gasteiger partial charge is 0.493 e. The second-order valence-electron chi connectivity index (χ2n) is 11.9. The molecule has 6 aromatic rings. The zero-order valence-corrected chi connectivity index (χ0v) is 27.2. The molecule has 50 heavy (non-hydrogen) atoms. The minimum Gasteiger partial charge on any atom is -0.493 e. The Bertz CT molecular complexity index is 2270. The highest BCUT2D eigenvalue weighted by Gasteiger charge is 2.20. The van der Waals surface area contributed by atoms with Crippen molar-refractivity contribution in [2.24, 2.45) is 0 Å². The first-order valence-corrected chi connectivity index (χ1v) is 16.3. The van der Waals surface area contributed by atoms with Crippen molar-refractivity contribution in [3.05, 3.63) is 119 Å². The van der Waals surface area contributed by atoms with Crippen molar-refractivity contribution >= 4 is 33.5 Å². The average Bonchev–Trinajstić information content (AvgIpc) is 3.64. The van der Waals surface area contributed by atoms with Crippen LogP contribution in [0, 0.1) is 11.6 Å². The fraction of sp³-hybridized carbons (Fsp3) is 0.211. The Hall–Kier alpha value is -5.88. The number of carbonyl (C=O) groups is 1. The van der Waals surface area contributed by atoms with Gasteiger partial charge in [-0.25, -0.2) is 13.8 Å². The number of amides is 1. The van der Waals surface area contributed by atoms with Gasteiger partial charge in [-0.15, -0.1) is 0 Å². The molecule has 10 nitrogen and oxygen atoms in total. The Labute approximate surface area is 285 Å². The third-order valence-electron chi connectivity index (χ3n) is 8.51. The summed E-state index contributed by atoms with van der Waals surface area (Å²) in [6.07, 6.45) is 4.93. The molecule has 1 aliphatic heterocycles. The first kappa shape index (κ1) is 32.7. The number of para-hydroxylation sites is 2. The van der Waals surface area contributed by atoms with Crippen molar-refractivity contribution in [2.75, 3.05) is 38.7 Å². The van der Waals surface area contributed by atoms with Crippen molar-refractivity contribution < 1.29 is 27.8 Å². The molecule has 1 saturated heterocycles. The van der Waals surface area contributed by atoms with Gasteiger partial charge in [0.05, 0.1) is 36.0 Å². The monoisotopic (exact) mass is 677 g/mol. The zero-order chi connectivity index (χ0) is 34.6. The molecular weight excluding hydrogens is 644 g/mol. The summed E-state index contributed by atoms with van der Waals surface area (Å²) in [5.74, 6) is -0.886. The molecule has 254 valence electrons. The minimum absolute atomic E-state index is 0.0688. The molecule has 0 atom stereocenters. The molecule has 1 fully saturated rings. The van der Waals surface area contributed by atoms with E-state index in [1.807, 2.05) is 0 Å². The summed E-state index contributed by atoms with van der Waals surface area (Å²) >= 11 is 0. The topological polar surface area (TPSA) is 108 Å². The summed E-state index contributed by atoms with van der Waals surface area (Å²) in [4.78, 5) is 38.0. The number of rotatable bonds is 11. The van der Waals surface area contributed by atoms with E-state index in [9.17, 15) is 14.0 Å². The van der Waals surface area contributed by atoms with Crippen LogP contribution in [0.3, 0.4) is 0 Å². The molecule has 0 spiro atoms. The summed E-state index contributed by atoms with van der Waals surface area (Å²) in [6.45, 7) is 3.78. The van der Waals surface area contributed by atoms with Gasteiger partial charge in [0.2, 0.25) is 0 Å². The molecule has 1 amide bonds. The average molecular weight is 678 g/mol. The standard InChI is InChI=1S/C38H33F2N5O5/c1-48-34-22-27-30(23-35(34)49-19-7-18-44-16-4-5-17-44)41-15-14-32(27)50-33-13-12-25(21-28(33)40)42-37(46)36-38(47)45(26-9-6-8-24(39)20-26)31-11-3-2-10-29(31)43-36/h2-3,6,8-15,20-23H,4-5,7,16-19H2,1H3,(H,42,46). The Morgan fingerprint density at radius 2 is 1.72 bits per heavy atom. The molecule has 0 bridgehead atoms. The molecule has 0 radical (unpaired) electrons. The third-order valence-corrected chi connectivity index (χ3v) is 8.51. The SMILES string of the molecule is COc1cc2c(Oc3ccc(NC(=O)c4nc5ccccc5n(-c5cccc(F)c5)c4=O)cc3F)ccnc2cc1OCCCN1CCCC1. The van der Waals surface area contributed by atoms with Crippen LogP contribution < -0.4 is 25.1 Å². The second kappa shape index (κ2) is 14.3. The van der Waals surface area contributed by atoms with E-state index in [1.54, 1.807) is 61.8 Å². The van der Waals surface area contributed by atoms with Crippen LogP contribution in [0.25, 0.3) is 27.6 Å². The quantitative estimate of drug-likeness (QED) is 0.144. The lowest BCUT2D eigenvalue weighted by molar-refractivity contribution is 0.102. The molecule has 1 N–H and O–H groups in total. The number of ether oxygens (including phenoxy) is 3. The number of nitrogens with zero attached hydrogens (tertiary/aromatic N) is 4. The number of methoxy groups -OCH3 is 1. The van der Waals surface area contributed by atoms with Gasteiger partial charge in [-0.3, -0.25) is 19.1 Å². The van der Waals surface area contributed by atoms with Crippen molar-refractivity contribution in [2.45, 2.75) is 19.3 Å². The highest BCUT2D eigenvalue weighted by atomic mass is 19.1. The van der Waals surface area contributed by atoms with Gasteiger partial charge in [-0.05, 0) is 86.9 Å². The predicted molar refractivity (Wildman–Crippen MR) is 186 cm³/mol. The van der Waals surface area contributed by atoms with E-state index < -0.39 is 28.8 Å². The van der Waals surface area contributed by atoms with Crippen LogP contribution in [0.1, 0.15) is 29.8 Å². The molecule has 0 unspecified atom stereocenters. The van der Waals surface area contributed by atoms with Gasteiger partial charge in [0.15, 0.2) is 28.8 Å². The van der Waals surface area contributed by atoms with Gasteiger partial charge in [0.25, 0.3) is 11.5 Å². The van der Waals surface area contributed by atoms with Crippen LogP contribution in [0.2, 0.25) is 0 Å². The molecular formula is C38H33F2N5O5. The highest BCUT2D eigenvalue weighted by molar-refractivity contribution is 6.03. The Morgan fingerprint density at radius 1 is 0.880 bits per heavy atom. The Morgan fingerprint density at radius 3 is 2.52 bits per heavy atom. The van der Waals surface area contributed by atoms with Gasteiger partial charge in [-0.1, -0.05) is 18.2 Å². The summed E-state index contributed by atoms with van der Waals surface area (Å²) < 4.78 is 48.4. The van der Waals surface area contributed by atoms with E-state index in [1.165, 1.54) is 47.7 Å². The Balaban J connectivity index is 1.10. The normalized spacial score (nSPS) is 13.1. The fourth-order valence-electron chi connectivity index (χ4n) is 6.09. The van der Waals surface area contributed by atoms with Gasteiger partial charge in [0, 0.05) is 35.9 Å². The van der Waals surface area contributed by atoms with E-state index in [4.69, 9.17) is 14.2 Å². The summed E-state index contributed by atoms with van der Waals surface area (Å²) in [5.41, 5.74) is 0.406. The molecule has 2 aromatic heterocycles. The zero-order valence-electron chi connectivity index (χ0n) is 27.2. The Kier molecular flexibility index (Phi) is 9.35. The van der Waals surface area contributed by atoms with E-state index in [0.29, 0.717) is 45.8 Å². The van der Waals surface area contributed by atoms with Crippen molar-refractivity contribution in [3.8, 4) is 28.7 Å². The lowest BCUT2D eigenvalue weighted by Gasteiger charge is -2.16. The molecule has 1 aliphatic rings. The number of hydrogen-bond acceptors (Lipinski definition) is 8. The summed E-state index contributed by atoms with van der Waals surface area (Å²) in [5, 5.41) is 3.13. The van der Waals surface area contributed by atoms with E-state index in [0.717, 1.165) is 32.1 Å².